The van der Waals surface area contributed by atoms with Gasteiger partial charge in [0.25, 0.3) is 0 Å². The zero-order valence-corrected chi connectivity index (χ0v) is 14.3. The summed E-state index contributed by atoms with van der Waals surface area (Å²) in [7, 11) is 0. The smallest absolute Gasteiger partial charge is 0.416 e. The number of aliphatic imine (C=N–C) groups is 1. The number of hydrogen-bond acceptors (Lipinski definition) is 3. The molecule has 0 radical (unpaired) electrons. The topological polar surface area (TPSA) is 65.9 Å². The molecule has 0 aliphatic heterocycles. The molecule has 0 saturated heterocycles. The van der Waals surface area contributed by atoms with Crippen LogP contribution in [0.1, 0.15) is 25.8 Å². The number of guanidine groups is 1. The van der Waals surface area contributed by atoms with Crippen LogP contribution in [-0.4, -0.2) is 42.9 Å². The molecule has 25 heavy (non-hydrogen) atoms. The summed E-state index contributed by atoms with van der Waals surface area (Å²) in [6.45, 7) is 4.90. The van der Waals surface area contributed by atoms with Gasteiger partial charge < -0.3 is 20.5 Å². The van der Waals surface area contributed by atoms with Crippen LogP contribution in [0.3, 0.4) is 0 Å². The van der Waals surface area contributed by atoms with Gasteiger partial charge in [0, 0.05) is 12.6 Å². The van der Waals surface area contributed by atoms with Crippen molar-refractivity contribution in [3.8, 4) is 5.75 Å². The minimum atomic E-state index is -4.37. The Kier molecular flexibility index (Phi) is 6.52. The van der Waals surface area contributed by atoms with Gasteiger partial charge in [-0.15, -0.1) is 0 Å². The Labute approximate surface area is 145 Å². The van der Waals surface area contributed by atoms with Crippen LogP contribution in [0.25, 0.3) is 0 Å². The molecule has 5 nitrogen and oxygen atoms in total. The Morgan fingerprint density at radius 1 is 1.36 bits per heavy atom. The van der Waals surface area contributed by atoms with Gasteiger partial charge in [-0.25, -0.2) is 0 Å². The van der Waals surface area contributed by atoms with Crippen molar-refractivity contribution in [2.24, 2.45) is 10.9 Å². The lowest BCUT2D eigenvalue weighted by Crippen LogP contribution is -2.40. The second-order valence-corrected chi connectivity index (χ2v) is 6.17. The maximum Gasteiger partial charge on any atom is 0.416 e. The zero-order chi connectivity index (χ0) is 18.4. The fourth-order valence-electron chi connectivity index (χ4n) is 2.20. The van der Waals surface area contributed by atoms with E-state index in [0.717, 1.165) is 18.6 Å². The second kappa shape index (κ2) is 8.42. The Hall–Kier alpha value is -1.96. The van der Waals surface area contributed by atoms with Crippen LogP contribution in [0.15, 0.2) is 29.3 Å². The van der Waals surface area contributed by atoms with Gasteiger partial charge in [-0.1, -0.05) is 6.92 Å². The molecule has 1 aliphatic rings. The van der Waals surface area contributed by atoms with Crippen molar-refractivity contribution in [1.29, 1.82) is 0 Å². The van der Waals surface area contributed by atoms with Crippen molar-refractivity contribution >= 4 is 5.96 Å². The van der Waals surface area contributed by atoms with Gasteiger partial charge in [-0.05, 0) is 43.5 Å². The van der Waals surface area contributed by atoms with E-state index < -0.39 is 17.8 Å². The van der Waals surface area contributed by atoms with E-state index >= 15 is 0 Å². The number of nitrogens with zero attached hydrogens (tertiary/aromatic N) is 1. The highest BCUT2D eigenvalue weighted by Gasteiger charge is 2.33. The lowest BCUT2D eigenvalue weighted by molar-refractivity contribution is -0.137. The van der Waals surface area contributed by atoms with Crippen molar-refractivity contribution in [3.63, 3.8) is 0 Å². The standard InChI is InChI=1S/C17H24F3N3O2/c1-3-21-16(23-15-8-11(15)2)22-9-13(24)10-25-14-6-4-12(5-7-14)17(18,19)20/h4-7,11,13,15,24H,3,8-10H2,1-2H3,(H2,21,22,23). The lowest BCUT2D eigenvalue weighted by atomic mass is 10.2. The fraction of sp³-hybridized carbons (Fsp3) is 0.588. The summed E-state index contributed by atoms with van der Waals surface area (Å²) in [6, 6.07) is 4.78. The summed E-state index contributed by atoms with van der Waals surface area (Å²) >= 11 is 0. The minimum absolute atomic E-state index is 0.0475. The van der Waals surface area contributed by atoms with Crippen molar-refractivity contribution < 1.29 is 23.0 Å². The molecular weight excluding hydrogens is 335 g/mol. The highest BCUT2D eigenvalue weighted by atomic mass is 19.4. The Balaban J connectivity index is 1.78. The van der Waals surface area contributed by atoms with Gasteiger partial charge in [0.15, 0.2) is 5.96 Å². The quantitative estimate of drug-likeness (QED) is 0.517. The first-order valence-electron chi connectivity index (χ1n) is 8.32. The number of aliphatic hydroxyl groups is 1. The number of nitrogens with one attached hydrogen (secondary N) is 2. The van der Waals surface area contributed by atoms with E-state index in [1.165, 1.54) is 12.1 Å². The number of aliphatic hydroxyl groups excluding tert-OH is 1. The summed E-state index contributed by atoms with van der Waals surface area (Å²) in [4.78, 5) is 4.30. The zero-order valence-electron chi connectivity index (χ0n) is 14.3. The van der Waals surface area contributed by atoms with Crippen LogP contribution in [0.4, 0.5) is 13.2 Å². The molecule has 3 N–H and O–H groups in total. The SMILES string of the molecule is CCNC(=NCC(O)COc1ccc(C(F)(F)F)cc1)NC1CC1C. The van der Waals surface area contributed by atoms with E-state index in [0.29, 0.717) is 24.5 Å². The summed E-state index contributed by atoms with van der Waals surface area (Å²) in [6.07, 6.45) is -4.12. The van der Waals surface area contributed by atoms with E-state index in [1.54, 1.807) is 0 Å². The molecule has 0 bridgehead atoms. The first-order chi connectivity index (χ1) is 11.8. The molecule has 0 aromatic heterocycles. The summed E-state index contributed by atoms with van der Waals surface area (Å²) in [5, 5.41) is 16.3. The molecule has 0 spiro atoms. The van der Waals surface area contributed by atoms with Crippen molar-refractivity contribution in [2.45, 2.75) is 38.6 Å². The van der Waals surface area contributed by atoms with Crippen LogP contribution >= 0.6 is 0 Å². The first-order valence-corrected chi connectivity index (χ1v) is 8.32. The average Bonchev–Trinajstić information content (AvgIpc) is 3.25. The van der Waals surface area contributed by atoms with E-state index in [1.807, 2.05) is 6.92 Å². The average molecular weight is 359 g/mol. The monoisotopic (exact) mass is 359 g/mol. The largest absolute Gasteiger partial charge is 0.491 e. The molecule has 140 valence electrons. The summed E-state index contributed by atoms with van der Waals surface area (Å²) in [5.41, 5.74) is -0.736. The molecule has 1 aliphatic carbocycles. The first kappa shape index (κ1) is 19.4. The minimum Gasteiger partial charge on any atom is -0.491 e. The third-order valence-corrected chi connectivity index (χ3v) is 3.86. The third kappa shape index (κ3) is 6.45. The highest BCUT2D eigenvalue weighted by molar-refractivity contribution is 5.80. The molecule has 8 heteroatoms. The molecule has 1 fully saturated rings. The second-order valence-electron chi connectivity index (χ2n) is 6.17. The molecule has 1 aromatic rings. The van der Waals surface area contributed by atoms with E-state index in [2.05, 4.69) is 22.5 Å². The van der Waals surface area contributed by atoms with Gasteiger partial charge in [-0.3, -0.25) is 4.99 Å². The van der Waals surface area contributed by atoms with Crippen LogP contribution in [-0.2, 0) is 6.18 Å². The van der Waals surface area contributed by atoms with Crippen LogP contribution < -0.4 is 15.4 Å². The molecule has 3 atom stereocenters. The third-order valence-electron chi connectivity index (χ3n) is 3.86. The Bertz CT molecular complexity index is 575. The maximum absolute atomic E-state index is 12.5. The molecule has 0 amide bonds. The van der Waals surface area contributed by atoms with Crippen molar-refractivity contribution in [3.05, 3.63) is 29.8 Å². The lowest BCUT2D eigenvalue weighted by Gasteiger charge is -2.14. The predicted octanol–water partition coefficient (Wildman–Crippen LogP) is 2.41. The van der Waals surface area contributed by atoms with Gasteiger partial charge in [0.05, 0.1) is 12.1 Å². The van der Waals surface area contributed by atoms with Gasteiger partial charge in [-0.2, -0.15) is 13.2 Å². The van der Waals surface area contributed by atoms with Gasteiger partial charge in [0.1, 0.15) is 18.5 Å². The van der Waals surface area contributed by atoms with Crippen LogP contribution in [0.5, 0.6) is 5.75 Å². The molecule has 3 unspecified atom stereocenters. The predicted molar refractivity (Wildman–Crippen MR) is 89.6 cm³/mol. The highest BCUT2D eigenvalue weighted by Crippen LogP contribution is 2.30. The molecule has 0 heterocycles. The van der Waals surface area contributed by atoms with Gasteiger partial charge in [0.2, 0.25) is 0 Å². The molecular formula is C17H24F3N3O2. The molecule has 1 aromatic carbocycles. The Morgan fingerprint density at radius 2 is 2.00 bits per heavy atom. The molecule has 1 saturated carbocycles. The van der Waals surface area contributed by atoms with Crippen LogP contribution in [0.2, 0.25) is 0 Å². The normalized spacial score (nSPS) is 21.6. The van der Waals surface area contributed by atoms with E-state index in [4.69, 9.17) is 4.74 Å². The number of alkyl halides is 3. The summed E-state index contributed by atoms with van der Waals surface area (Å²) in [5.74, 6) is 1.54. The van der Waals surface area contributed by atoms with E-state index in [-0.39, 0.29) is 18.9 Å². The fourth-order valence-corrected chi connectivity index (χ4v) is 2.20. The number of rotatable bonds is 7. The van der Waals surface area contributed by atoms with Crippen molar-refractivity contribution in [1.82, 2.24) is 10.6 Å². The number of ether oxygens (including phenoxy) is 1. The van der Waals surface area contributed by atoms with Crippen LogP contribution in [0, 0.1) is 5.92 Å². The Morgan fingerprint density at radius 3 is 2.52 bits per heavy atom. The van der Waals surface area contributed by atoms with Gasteiger partial charge >= 0.3 is 6.18 Å². The van der Waals surface area contributed by atoms with Crippen molar-refractivity contribution in [2.75, 3.05) is 19.7 Å². The van der Waals surface area contributed by atoms with E-state index in [9.17, 15) is 18.3 Å². The number of benzene rings is 1. The summed E-state index contributed by atoms with van der Waals surface area (Å²) < 4.78 is 42.8. The maximum atomic E-state index is 12.5. The number of halogens is 3. The molecule has 2 rings (SSSR count). The number of hydrogen-bond donors (Lipinski definition) is 3.